The molecule has 0 saturated heterocycles. The maximum atomic E-state index is 13.3. The standard InChI is InChI=1S/C18H14ClFN4/c1-12-16(8-9-21-2)23-18(13-7-10-22-17(19)11-13)24(12)15-5-3-14(20)4-6-15/h3-11H,2H2,1H3/b9-8-. The summed E-state index contributed by atoms with van der Waals surface area (Å²) in [5.74, 6) is 0.396. The minimum Gasteiger partial charge on any atom is -0.296 e. The second-order valence-corrected chi connectivity index (χ2v) is 5.47. The van der Waals surface area contributed by atoms with E-state index in [2.05, 4.69) is 21.7 Å². The van der Waals surface area contributed by atoms with E-state index in [9.17, 15) is 4.39 Å². The number of aliphatic imine (C=N–C) groups is 1. The second-order valence-electron chi connectivity index (χ2n) is 5.08. The fraction of sp³-hybridized carbons (Fsp3) is 0.0556. The number of hydrogen-bond acceptors (Lipinski definition) is 3. The molecule has 2 aromatic heterocycles. The van der Waals surface area contributed by atoms with Crippen LogP contribution in [-0.2, 0) is 0 Å². The number of rotatable bonds is 4. The van der Waals surface area contributed by atoms with Crippen molar-refractivity contribution in [1.82, 2.24) is 14.5 Å². The maximum Gasteiger partial charge on any atom is 0.145 e. The minimum atomic E-state index is -0.291. The quantitative estimate of drug-likeness (QED) is 0.510. The van der Waals surface area contributed by atoms with Gasteiger partial charge in [-0.15, -0.1) is 0 Å². The summed E-state index contributed by atoms with van der Waals surface area (Å²) >= 11 is 6.01. The first-order valence-electron chi connectivity index (χ1n) is 7.19. The molecule has 6 heteroatoms. The lowest BCUT2D eigenvalue weighted by Crippen LogP contribution is -2.00. The second kappa shape index (κ2) is 6.76. The molecule has 0 unspecified atom stereocenters. The number of hydrogen-bond donors (Lipinski definition) is 0. The summed E-state index contributed by atoms with van der Waals surface area (Å²) in [4.78, 5) is 12.4. The normalized spacial score (nSPS) is 11.1. The highest BCUT2D eigenvalue weighted by molar-refractivity contribution is 6.29. The molecule has 24 heavy (non-hydrogen) atoms. The van der Waals surface area contributed by atoms with Crippen LogP contribution in [0.4, 0.5) is 4.39 Å². The number of pyridine rings is 1. The van der Waals surface area contributed by atoms with Crippen LogP contribution in [0.3, 0.4) is 0 Å². The molecule has 3 rings (SSSR count). The number of aromatic nitrogens is 3. The lowest BCUT2D eigenvalue weighted by Gasteiger charge is -2.10. The zero-order chi connectivity index (χ0) is 17.1. The van der Waals surface area contributed by atoms with Crippen LogP contribution in [0.2, 0.25) is 5.15 Å². The molecule has 0 fully saturated rings. The van der Waals surface area contributed by atoms with Gasteiger partial charge in [-0.05, 0) is 56.1 Å². The van der Waals surface area contributed by atoms with Gasteiger partial charge in [0.2, 0.25) is 0 Å². The molecule has 4 nitrogen and oxygen atoms in total. The van der Waals surface area contributed by atoms with Crippen molar-refractivity contribution in [3.8, 4) is 17.1 Å². The molecular formula is C18H14ClFN4. The topological polar surface area (TPSA) is 43.1 Å². The molecule has 0 amide bonds. The fourth-order valence-electron chi connectivity index (χ4n) is 2.44. The summed E-state index contributed by atoms with van der Waals surface area (Å²) in [6, 6.07) is 9.80. The first kappa shape index (κ1) is 16.1. The zero-order valence-corrected chi connectivity index (χ0v) is 13.7. The maximum absolute atomic E-state index is 13.3. The van der Waals surface area contributed by atoms with Crippen LogP contribution in [0, 0.1) is 12.7 Å². The van der Waals surface area contributed by atoms with Crippen molar-refractivity contribution in [3.63, 3.8) is 0 Å². The van der Waals surface area contributed by atoms with Gasteiger partial charge < -0.3 is 0 Å². The van der Waals surface area contributed by atoms with Crippen LogP contribution in [0.1, 0.15) is 11.4 Å². The third kappa shape index (κ3) is 3.12. The van der Waals surface area contributed by atoms with Crippen molar-refractivity contribution >= 4 is 24.4 Å². The van der Waals surface area contributed by atoms with Gasteiger partial charge in [-0.25, -0.2) is 14.4 Å². The smallest absolute Gasteiger partial charge is 0.145 e. The third-order valence-corrected chi connectivity index (χ3v) is 3.76. The Labute approximate surface area is 144 Å². The van der Waals surface area contributed by atoms with E-state index in [1.807, 2.05) is 17.6 Å². The Morgan fingerprint density at radius 1 is 1.25 bits per heavy atom. The molecule has 0 N–H and O–H groups in total. The van der Waals surface area contributed by atoms with E-state index >= 15 is 0 Å². The van der Waals surface area contributed by atoms with E-state index in [0.717, 1.165) is 22.6 Å². The van der Waals surface area contributed by atoms with Crippen LogP contribution in [-0.4, -0.2) is 21.3 Å². The first-order valence-corrected chi connectivity index (χ1v) is 7.57. The number of imidazole rings is 1. The van der Waals surface area contributed by atoms with Crippen molar-refractivity contribution in [2.45, 2.75) is 6.92 Å². The number of benzene rings is 1. The molecule has 0 aliphatic heterocycles. The van der Waals surface area contributed by atoms with Crippen LogP contribution >= 0.6 is 11.6 Å². The Balaban J connectivity index is 2.24. The average molecular weight is 341 g/mol. The summed E-state index contributed by atoms with van der Waals surface area (Å²) in [6.07, 6.45) is 4.97. The molecule has 0 aliphatic rings. The van der Waals surface area contributed by atoms with Gasteiger partial charge in [0.15, 0.2) is 0 Å². The van der Waals surface area contributed by atoms with Crippen molar-refractivity contribution in [2.75, 3.05) is 0 Å². The lowest BCUT2D eigenvalue weighted by atomic mass is 10.2. The Hall–Kier alpha value is -2.79. The fourth-order valence-corrected chi connectivity index (χ4v) is 2.61. The van der Waals surface area contributed by atoms with E-state index < -0.39 is 0 Å². The molecule has 0 spiro atoms. The molecule has 0 aliphatic carbocycles. The molecule has 2 heterocycles. The molecule has 1 aromatic carbocycles. The summed E-state index contributed by atoms with van der Waals surface area (Å²) < 4.78 is 15.2. The molecule has 0 atom stereocenters. The summed E-state index contributed by atoms with van der Waals surface area (Å²) in [7, 11) is 0. The monoisotopic (exact) mass is 340 g/mol. The van der Waals surface area contributed by atoms with E-state index in [-0.39, 0.29) is 5.82 Å². The molecule has 0 radical (unpaired) electrons. The Kier molecular flexibility index (Phi) is 4.53. The SMILES string of the molecule is C=N/C=C\c1nc(-c2ccnc(Cl)c2)n(-c2ccc(F)cc2)c1C. The van der Waals surface area contributed by atoms with E-state index in [1.54, 1.807) is 36.7 Å². The van der Waals surface area contributed by atoms with Gasteiger partial charge in [0.25, 0.3) is 0 Å². The largest absolute Gasteiger partial charge is 0.296 e. The van der Waals surface area contributed by atoms with Crippen molar-refractivity contribution < 1.29 is 4.39 Å². The van der Waals surface area contributed by atoms with E-state index in [0.29, 0.717) is 11.0 Å². The van der Waals surface area contributed by atoms with Crippen molar-refractivity contribution in [2.24, 2.45) is 4.99 Å². The molecular weight excluding hydrogens is 327 g/mol. The lowest BCUT2D eigenvalue weighted by molar-refractivity contribution is 0.627. The molecule has 0 saturated carbocycles. The number of nitrogens with zero attached hydrogens (tertiary/aromatic N) is 4. The Morgan fingerprint density at radius 3 is 2.67 bits per heavy atom. The Bertz CT molecular complexity index is 913. The highest BCUT2D eigenvalue weighted by Gasteiger charge is 2.16. The number of halogens is 2. The summed E-state index contributed by atoms with van der Waals surface area (Å²) in [5.41, 5.74) is 3.25. The van der Waals surface area contributed by atoms with Gasteiger partial charge in [-0.3, -0.25) is 9.56 Å². The van der Waals surface area contributed by atoms with Crippen LogP contribution < -0.4 is 0 Å². The summed E-state index contributed by atoms with van der Waals surface area (Å²) in [6.45, 7) is 5.37. The molecule has 120 valence electrons. The zero-order valence-electron chi connectivity index (χ0n) is 12.9. The summed E-state index contributed by atoms with van der Waals surface area (Å²) in [5, 5.41) is 0.378. The van der Waals surface area contributed by atoms with Crippen molar-refractivity contribution in [3.05, 3.63) is 71.2 Å². The predicted octanol–water partition coefficient (Wildman–Crippen LogP) is 4.71. The highest BCUT2D eigenvalue weighted by Crippen LogP contribution is 2.28. The minimum absolute atomic E-state index is 0.291. The van der Waals surface area contributed by atoms with Gasteiger partial charge >= 0.3 is 0 Å². The van der Waals surface area contributed by atoms with Crippen molar-refractivity contribution in [1.29, 1.82) is 0 Å². The van der Waals surface area contributed by atoms with Gasteiger partial charge in [0.1, 0.15) is 16.8 Å². The predicted molar refractivity (Wildman–Crippen MR) is 95.1 cm³/mol. The van der Waals surface area contributed by atoms with Crippen LogP contribution in [0.15, 0.2) is 53.8 Å². The van der Waals surface area contributed by atoms with Gasteiger partial charge in [-0.2, -0.15) is 0 Å². The first-order chi connectivity index (χ1) is 11.6. The van der Waals surface area contributed by atoms with Crippen LogP contribution in [0.25, 0.3) is 23.2 Å². The van der Waals surface area contributed by atoms with Gasteiger partial charge in [0.05, 0.1) is 5.69 Å². The highest BCUT2D eigenvalue weighted by atomic mass is 35.5. The molecule has 3 aromatic rings. The van der Waals surface area contributed by atoms with E-state index in [1.165, 1.54) is 12.1 Å². The van der Waals surface area contributed by atoms with E-state index in [4.69, 9.17) is 11.6 Å². The van der Waals surface area contributed by atoms with Crippen LogP contribution in [0.5, 0.6) is 0 Å². The van der Waals surface area contributed by atoms with Gasteiger partial charge in [-0.1, -0.05) is 11.6 Å². The average Bonchev–Trinajstić information content (AvgIpc) is 2.90. The Morgan fingerprint density at radius 2 is 2.00 bits per heavy atom. The third-order valence-electron chi connectivity index (χ3n) is 3.55. The molecule has 0 bridgehead atoms. The van der Waals surface area contributed by atoms with Gasteiger partial charge in [0, 0.05) is 29.3 Å².